The van der Waals surface area contributed by atoms with Gasteiger partial charge in [-0.1, -0.05) is 29.8 Å². The van der Waals surface area contributed by atoms with Gasteiger partial charge in [-0.2, -0.15) is 0 Å². The number of thiazole rings is 1. The first-order valence-electron chi connectivity index (χ1n) is 7.73. The van der Waals surface area contributed by atoms with E-state index in [4.69, 9.17) is 0 Å². The van der Waals surface area contributed by atoms with E-state index in [2.05, 4.69) is 36.2 Å². The lowest BCUT2D eigenvalue weighted by Gasteiger charge is -2.18. The van der Waals surface area contributed by atoms with Crippen LogP contribution in [-0.4, -0.2) is 10.9 Å². The molecule has 2 aromatic carbocycles. The number of aromatic nitrogens is 1. The highest BCUT2D eigenvalue weighted by Crippen LogP contribution is 2.32. The molecule has 128 valence electrons. The van der Waals surface area contributed by atoms with Crippen molar-refractivity contribution in [1.82, 2.24) is 4.98 Å². The van der Waals surface area contributed by atoms with Crippen LogP contribution in [0.15, 0.2) is 58.8 Å². The van der Waals surface area contributed by atoms with Crippen molar-refractivity contribution in [1.29, 1.82) is 0 Å². The van der Waals surface area contributed by atoms with E-state index in [-0.39, 0.29) is 11.6 Å². The molecule has 0 saturated heterocycles. The number of thioether (sulfide) groups is 1. The van der Waals surface area contributed by atoms with E-state index in [0.717, 1.165) is 10.6 Å². The summed E-state index contributed by atoms with van der Waals surface area (Å²) in [5, 5.41) is 2.39. The zero-order chi connectivity index (χ0) is 17.8. The second-order valence-electron chi connectivity index (χ2n) is 5.53. The van der Waals surface area contributed by atoms with E-state index < -0.39 is 5.82 Å². The van der Waals surface area contributed by atoms with Gasteiger partial charge in [-0.05, 0) is 31.2 Å². The molecule has 0 bridgehead atoms. The van der Waals surface area contributed by atoms with Crippen LogP contribution >= 0.6 is 23.1 Å². The van der Waals surface area contributed by atoms with Gasteiger partial charge >= 0.3 is 0 Å². The molecule has 3 nitrogen and oxygen atoms in total. The van der Waals surface area contributed by atoms with Crippen molar-refractivity contribution >= 4 is 39.8 Å². The minimum atomic E-state index is -0.441. The van der Waals surface area contributed by atoms with E-state index in [1.165, 1.54) is 34.8 Å². The molecule has 0 unspecified atom stereocenters. The maximum absolute atomic E-state index is 14.1. The summed E-state index contributed by atoms with van der Waals surface area (Å²) in [4.78, 5) is 19.0. The average Bonchev–Trinajstić information content (AvgIpc) is 3.04. The lowest BCUT2D eigenvalue weighted by atomic mass is 10.2. The fraction of sp³-hybridized carbons (Fsp3) is 0.158. The van der Waals surface area contributed by atoms with E-state index >= 15 is 0 Å². The summed E-state index contributed by atoms with van der Waals surface area (Å²) in [7, 11) is 0. The van der Waals surface area contributed by atoms with Crippen LogP contribution in [0.5, 0.6) is 0 Å². The fourth-order valence-corrected chi connectivity index (χ4v) is 4.07. The molecule has 3 rings (SSSR count). The predicted octanol–water partition coefficient (Wildman–Crippen LogP) is 5.57. The lowest BCUT2D eigenvalue weighted by Crippen LogP contribution is -2.23. The molecule has 25 heavy (non-hydrogen) atoms. The first-order valence-corrected chi connectivity index (χ1v) is 9.60. The Labute approximate surface area is 154 Å². The molecule has 0 radical (unpaired) electrons. The monoisotopic (exact) mass is 372 g/mol. The number of para-hydroxylation sites is 1. The smallest absolute Gasteiger partial charge is 0.230 e. The summed E-state index contributed by atoms with van der Waals surface area (Å²) in [5.74, 6) is -0.0107. The van der Waals surface area contributed by atoms with Crippen LogP contribution in [0, 0.1) is 12.7 Å². The van der Waals surface area contributed by atoms with Crippen LogP contribution in [-0.2, 0) is 10.5 Å². The fourth-order valence-electron chi connectivity index (χ4n) is 2.30. The maximum atomic E-state index is 14.1. The first-order chi connectivity index (χ1) is 12.0. The summed E-state index contributed by atoms with van der Waals surface area (Å²) in [6.45, 7) is 3.47. The number of aryl methyl sites for hydroxylation is 1. The molecule has 1 aromatic heterocycles. The zero-order valence-corrected chi connectivity index (χ0v) is 15.5. The summed E-state index contributed by atoms with van der Waals surface area (Å²) >= 11 is 3.02. The van der Waals surface area contributed by atoms with Crippen molar-refractivity contribution in [2.45, 2.75) is 24.5 Å². The molecule has 0 N–H and O–H groups in total. The minimum Gasteiger partial charge on any atom is -0.274 e. The Morgan fingerprint density at radius 2 is 1.92 bits per heavy atom. The van der Waals surface area contributed by atoms with Gasteiger partial charge < -0.3 is 0 Å². The average molecular weight is 372 g/mol. The molecule has 1 amide bonds. The third-order valence-corrected chi connectivity index (χ3v) is 5.47. The second-order valence-corrected chi connectivity index (χ2v) is 7.41. The maximum Gasteiger partial charge on any atom is 0.230 e. The number of hydrogen-bond donors (Lipinski definition) is 0. The Morgan fingerprint density at radius 1 is 1.20 bits per heavy atom. The second kappa shape index (κ2) is 7.80. The van der Waals surface area contributed by atoms with Crippen molar-refractivity contribution in [2.24, 2.45) is 0 Å². The number of carbonyl (C=O) groups excluding carboxylic acids is 1. The molecule has 3 aromatic rings. The normalized spacial score (nSPS) is 10.7. The van der Waals surface area contributed by atoms with Crippen LogP contribution in [0.3, 0.4) is 0 Å². The Morgan fingerprint density at radius 3 is 2.60 bits per heavy atom. The SMILES string of the molecule is CC(=O)N(c1nc(CSc2ccc(C)cc2)cs1)c1ccccc1F. The third kappa shape index (κ3) is 4.27. The highest BCUT2D eigenvalue weighted by Gasteiger charge is 2.20. The van der Waals surface area contributed by atoms with Gasteiger partial charge in [0, 0.05) is 23.0 Å². The van der Waals surface area contributed by atoms with Gasteiger partial charge in [-0.3, -0.25) is 9.69 Å². The van der Waals surface area contributed by atoms with Crippen molar-refractivity contribution < 1.29 is 9.18 Å². The van der Waals surface area contributed by atoms with Crippen LogP contribution < -0.4 is 4.90 Å². The van der Waals surface area contributed by atoms with Gasteiger partial charge in [-0.15, -0.1) is 23.1 Å². The molecule has 0 aliphatic rings. The number of amides is 1. The van der Waals surface area contributed by atoms with E-state index in [1.807, 2.05) is 5.38 Å². The first kappa shape index (κ1) is 17.6. The molecule has 0 aliphatic carbocycles. The Bertz CT molecular complexity index is 877. The highest BCUT2D eigenvalue weighted by molar-refractivity contribution is 7.98. The topological polar surface area (TPSA) is 33.2 Å². The molecule has 0 aliphatic heterocycles. The number of carbonyl (C=O) groups is 1. The number of nitrogens with zero attached hydrogens (tertiary/aromatic N) is 2. The van der Waals surface area contributed by atoms with Crippen LogP contribution in [0.25, 0.3) is 0 Å². The number of anilines is 2. The molecule has 0 fully saturated rings. The van der Waals surface area contributed by atoms with Gasteiger partial charge in [0.05, 0.1) is 11.4 Å². The van der Waals surface area contributed by atoms with E-state index in [9.17, 15) is 9.18 Å². The summed E-state index contributed by atoms with van der Waals surface area (Å²) in [6, 6.07) is 14.5. The summed E-state index contributed by atoms with van der Waals surface area (Å²) in [5.41, 5.74) is 2.32. The van der Waals surface area contributed by atoms with Crippen LogP contribution in [0.2, 0.25) is 0 Å². The van der Waals surface area contributed by atoms with Crippen molar-refractivity contribution in [2.75, 3.05) is 4.90 Å². The van der Waals surface area contributed by atoms with Crippen molar-refractivity contribution in [3.63, 3.8) is 0 Å². The Kier molecular flexibility index (Phi) is 5.50. The van der Waals surface area contributed by atoms with Gasteiger partial charge in [0.1, 0.15) is 5.82 Å². The highest BCUT2D eigenvalue weighted by atomic mass is 32.2. The molecule has 1 heterocycles. The minimum absolute atomic E-state index is 0.224. The molecular formula is C19H17FN2OS2. The standard InChI is InChI=1S/C19H17FN2OS2/c1-13-7-9-16(10-8-13)24-11-15-12-25-19(21-15)22(14(2)23)18-6-4-3-5-17(18)20/h3-10,12H,11H2,1-2H3. The van der Waals surface area contributed by atoms with Gasteiger partial charge in [-0.25, -0.2) is 9.37 Å². The Balaban J connectivity index is 1.77. The van der Waals surface area contributed by atoms with Gasteiger partial charge in [0.15, 0.2) is 5.13 Å². The lowest BCUT2D eigenvalue weighted by molar-refractivity contribution is -0.115. The van der Waals surface area contributed by atoms with Crippen molar-refractivity contribution in [3.05, 3.63) is 71.0 Å². The molecule has 6 heteroatoms. The van der Waals surface area contributed by atoms with Crippen LogP contribution in [0.1, 0.15) is 18.2 Å². The third-order valence-electron chi connectivity index (χ3n) is 3.55. The Hall–Kier alpha value is -2.18. The van der Waals surface area contributed by atoms with Gasteiger partial charge in [0.2, 0.25) is 5.91 Å². The number of rotatable bonds is 5. The molecule has 0 saturated carbocycles. The number of benzene rings is 2. The predicted molar refractivity (Wildman–Crippen MR) is 102 cm³/mol. The number of halogens is 1. The number of hydrogen-bond acceptors (Lipinski definition) is 4. The summed E-state index contributed by atoms with van der Waals surface area (Å²) in [6.07, 6.45) is 0. The van der Waals surface area contributed by atoms with Gasteiger partial charge in [0.25, 0.3) is 0 Å². The quantitative estimate of drug-likeness (QED) is 0.549. The van der Waals surface area contributed by atoms with Crippen molar-refractivity contribution in [3.8, 4) is 0 Å². The van der Waals surface area contributed by atoms with Crippen LogP contribution in [0.4, 0.5) is 15.2 Å². The molecule has 0 spiro atoms. The largest absolute Gasteiger partial charge is 0.274 e. The summed E-state index contributed by atoms with van der Waals surface area (Å²) < 4.78 is 14.1. The van der Waals surface area contributed by atoms with E-state index in [1.54, 1.807) is 30.0 Å². The molecule has 0 atom stereocenters. The van der Waals surface area contributed by atoms with E-state index in [0.29, 0.717) is 10.9 Å². The zero-order valence-electron chi connectivity index (χ0n) is 13.9. The molecular weight excluding hydrogens is 355 g/mol.